The van der Waals surface area contributed by atoms with Crippen LogP contribution in [0.2, 0.25) is 0 Å². The number of nitrogens with zero attached hydrogens (tertiary/aromatic N) is 2. The molecule has 1 aromatic rings. The Bertz CT molecular complexity index is 415. The first-order valence-corrected chi connectivity index (χ1v) is 6.45. The summed E-state index contributed by atoms with van der Waals surface area (Å²) in [4.78, 5) is 26.9. The van der Waals surface area contributed by atoms with Crippen molar-refractivity contribution in [2.75, 3.05) is 27.2 Å². The Morgan fingerprint density at radius 3 is 2.21 bits per heavy atom. The van der Waals surface area contributed by atoms with E-state index in [-0.39, 0.29) is 18.1 Å². The molecule has 1 amide bonds. The Morgan fingerprint density at radius 1 is 1.05 bits per heavy atom. The third-order valence-corrected chi connectivity index (χ3v) is 2.79. The summed E-state index contributed by atoms with van der Waals surface area (Å²) in [5, 5.41) is 0. The second-order valence-electron chi connectivity index (χ2n) is 4.98. The van der Waals surface area contributed by atoms with E-state index in [0.29, 0.717) is 13.1 Å². The maximum atomic E-state index is 12.1. The zero-order valence-electron chi connectivity index (χ0n) is 11.9. The molecule has 4 heteroatoms. The number of rotatable bonds is 7. The quantitative estimate of drug-likeness (QED) is 0.700. The molecule has 4 nitrogen and oxygen atoms in total. The smallest absolute Gasteiger partial charge is 0.230 e. The topological polar surface area (TPSA) is 40.6 Å². The number of benzene rings is 1. The van der Waals surface area contributed by atoms with Crippen LogP contribution in [0.25, 0.3) is 0 Å². The first-order chi connectivity index (χ1) is 8.99. The standard InChI is InChI=1S/C15H22N2O2/c1-13(18)11-15(19)17(10-9-16(2)3)12-14-7-5-4-6-8-14/h4-8H,9-12H2,1-3H3. The van der Waals surface area contributed by atoms with Crippen LogP contribution in [0, 0.1) is 0 Å². The van der Waals surface area contributed by atoms with Gasteiger partial charge in [0.1, 0.15) is 5.78 Å². The minimum Gasteiger partial charge on any atom is -0.337 e. The van der Waals surface area contributed by atoms with Gasteiger partial charge in [-0.25, -0.2) is 0 Å². The van der Waals surface area contributed by atoms with E-state index in [4.69, 9.17) is 0 Å². The van der Waals surface area contributed by atoms with Crippen LogP contribution in [0.4, 0.5) is 0 Å². The van der Waals surface area contributed by atoms with Crippen LogP contribution in [0.3, 0.4) is 0 Å². The Hall–Kier alpha value is -1.68. The number of hydrogen-bond acceptors (Lipinski definition) is 3. The molecule has 0 spiro atoms. The summed E-state index contributed by atoms with van der Waals surface area (Å²) in [6, 6.07) is 9.84. The molecule has 0 atom stereocenters. The third-order valence-electron chi connectivity index (χ3n) is 2.79. The molecule has 0 aromatic heterocycles. The zero-order valence-corrected chi connectivity index (χ0v) is 11.9. The lowest BCUT2D eigenvalue weighted by Gasteiger charge is -2.24. The van der Waals surface area contributed by atoms with Gasteiger partial charge in [-0.05, 0) is 26.6 Å². The number of likely N-dealkylation sites (N-methyl/N-ethyl adjacent to an activating group) is 1. The molecule has 0 saturated heterocycles. The number of carbonyl (C=O) groups excluding carboxylic acids is 2. The number of ketones is 1. The fourth-order valence-electron chi connectivity index (χ4n) is 1.74. The third kappa shape index (κ3) is 6.15. The monoisotopic (exact) mass is 262 g/mol. The summed E-state index contributed by atoms with van der Waals surface area (Å²) in [6.45, 7) is 3.43. The molecule has 0 aliphatic heterocycles. The van der Waals surface area contributed by atoms with Crippen molar-refractivity contribution in [3.63, 3.8) is 0 Å². The van der Waals surface area contributed by atoms with Crippen molar-refractivity contribution < 1.29 is 9.59 Å². The number of amides is 1. The van der Waals surface area contributed by atoms with E-state index in [1.807, 2.05) is 49.3 Å². The SMILES string of the molecule is CC(=O)CC(=O)N(CCN(C)C)Cc1ccccc1. The molecule has 0 heterocycles. The highest BCUT2D eigenvalue weighted by Crippen LogP contribution is 2.06. The van der Waals surface area contributed by atoms with E-state index in [1.165, 1.54) is 6.92 Å². The molecule has 0 unspecified atom stereocenters. The Morgan fingerprint density at radius 2 is 1.68 bits per heavy atom. The predicted molar refractivity (Wildman–Crippen MR) is 75.7 cm³/mol. The minimum atomic E-state index is -0.0989. The molecule has 0 bridgehead atoms. The van der Waals surface area contributed by atoms with Gasteiger partial charge < -0.3 is 9.80 Å². The van der Waals surface area contributed by atoms with Gasteiger partial charge in [-0.15, -0.1) is 0 Å². The molecule has 1 aromatic carbocycles. The van der Waals surface area contributed by atoms with Gasteiger partial charge in [-0.2, -0.15) is 0 Å². The van der Waals surface area contributed by atoms with Crippen LogP contribution < -0.4 is 0 Å². The van der Waals surface area contributed by atoms with Crippen molar-refractivity contribution in [2.24, 2.45) is 0 Å². The molecular formula is C15H22N2O2. The molecule has 0 radical (unpaired) electrons. The average molecular weight is 262 g/mol. The van der Waals surface area contributed by atoms with E-state index < -0.39 is 0 Å². The molecule has 1 rings (SSSR count). The molecule has 0 aliphatic rings. The Balaban J connectivity index is 2.68. The zero-order chi connectivity index (χ0) is 14.3. The largest absolute Gasteiger partial charge is 0.337 e. The number of Topliss-reactive ketones (excluding diaryl/α,β-unsaturated/α-hetero) is 1. The van der Waals surface area contributed by atoms with Gasteiger partial charge in [0.2, 0.25) is 5.91 Å². The number of carbonyl (C=O) groups is 2. The molecule has 19 heavy (non-hydrogen) atoms. The first-order valence-electron chi connectivity index (χ1n) is 6.45. The van der Waals surface area contributed by atoms with Gasteiger partial charge in [-0.3, -0.25) is 9.59 Å². The highest BCUT2D eigenvalue weighted by atomic mass is 16.2. The molecule has 0 fully saturated rings. The van der Waals surface area contributed by atoms with Crippen LogP contribution in [0.15, 0.2) is 30.3 Å². The molecule has 104 valence electrons. The van der Waals surface area contributed by atoms with Gasteiger partial charge in [0, 0.05) is 19.6 Å². The fraction of sp³-hybridized carbons (Fsp3) is 0.467. The van der Waals surface area contributed by atoms with Crippen LogP contribution in [-0.4, -0.2) is 48.7 Å². The van der Waals surface area contributed by atoms with Crippen LogP contribution in [-0.2, 0) is 16.1 Å². The van der Waals surface area contributed by atoms with Gasteiger partial charge in [0.25, 0.3) is 0 Å². The molecule has 0 saturated carbocycles. The van der Waals surface area contributed by atoms with E-state index in [9.17, 15) is 9.59 Å². The van der Waals surface area contributed by atoms with Crippen LogP contribution in [0.5, 0.6) is 0 Å². The summed E-state index contributed by atoms with van der Waals surface area (Å²) >= 11 is 0. The van der Waals surface area contributed by atoms with Crippen molar-refractivity contribution in [1.82, 2.24) is 9.80 Å². The van der Waals surface area contributed by atoms with E-state index in [2.05, 4.69) is 0 Å². The van der Waals surface area contributed by atoms with Crippen LogP contribution in [0.1, 0.15) is 18.9 Å². The fourth-order valence-corrected chi connectivity index (χ4v) is 1.74. The normalized spacial score (nSPS) is 10.5. The van der Waals surface area contributed by atoms with Crippen molar-refractivity contribution in [3.8, 4) is 0 Å². The summed E-state index contributed by atoms with van der Waals surface area (Å²) in [6.07, 6.45) is -0.0136. The van der Waals surface area contributed by atoms with Crippen molar-refractivity contribution in [1.29, 1.82) is 0 Å². The molecular weight excluding hydrogens is 240 g/mol. The van der Waals surface area contributed by atoms with Gasteiger partial charge in [0.05, 0.1) is 6.42 Å². The summed E-state index contributed by atoms with van der Waals surface area (Å²) in [5.41, 5.74) is 1.08. The second-order valence-corrected chi connectivity index (χ2v) is 4.98. The lowest BCUT2D eigenvalue weighted by Crippen LogP contribution is -2.36. The second kappa shape index (κ2) is 7.69. The highest BCUT2D eigenvalue weighted by Gasteiger charge is 2.15. The van der Waals surface area contributed by atoms with Crippen molar-refractivity contribution >= 4 is 11.7 Å². The first kappa shape index (κ1) is 15.4. The Labute approximate surface area is 115 Å². The Kier molecular flexibility index (Phi) is 6.22. The minimum absolute atomic E-state index is 0.0136. The lowest BCUT2D eigenvalue weighted by atomic mass is 10.2. The lowest BCUT2D eigenvalue weighted by molar-refractivity contribution is -0.135. The maximum absolute atomic E-state index is 12.1. The molecule has 0 aliphatic carbocycles. The van der Waals surface area contributed by atoms with Crippen LogP contribution >= 0.6 is 0 Å². The van der Waals surface area contributed by atoms with E-state index in [0.717, 1.165) is 12.1 Å². The summed E-state index contributed by atoms with van der Waals surface area (Å²) in [5.74, 6) is -0.189. The maximum Gasteiger partial charge on any atom is 0.230 e. The van der Waals surface area contributed by atoms with Gasteiger partial charge >= 0.3 is 0 Å². The average Bonchev–Trinajstić information content (AvgIpc) is 2.34. The van der Waals surface area contributed by atoms with E-state index >= 15 is 0 Å². The summed E-state index contributed by atoms with van der Waals surface area (Å²) < 4.78 is 0. The van der Waals surface area contributed by atoms with E-state index in [1.54, 1.807) is 4.90 Å². The van der Waals surface area contributed by atoms with Crippen molar-refractivity contribution in [2.45, 2.75) is 19.9 Å². The van der Waals surface area contributed by atoms with Crippen molar-refractivity contribution in [3.05, 3.63) is 35.9 Å². The predicted octanol–water partition coefficient (Wildman–Crippen LogP) is 1.56. The highest BCUT2D eigenvalue weighted by molar-refractivity contribution is 5.96. The van der Waals surface area contributed by atoms with Gasteiger partial charge in [-0.1, -0.05) is 30.3 Å². The summed E-state index contributed by atoms with van der Waals surface area (Å²) in [7, 11) is 3.94. The number of hydrogen-bond donors (Lipinski definition) is 0. The molecule has 0 N–H and O–H groups in total. The van der Waals surface area contributed by atoms with Gasteiger partial charge in [0.15, 0.2) is 0 Å².